The largest absolute Gasteiger partial charge is 0.376 e. The molecule has 1 aliphatic carbocycles. The van der Waals surface area contributed by atoms with E-state index in [1.165, 1.54) is 32.1 Å². The Kier molecular flexibility index (Phi) is 4.45. The minimum atomic E-state index is 0.513. The quantitative estimate of drug-likeness (QED) is 0.731. The molecule has 2 aliphatic rings. The molecular weight excluding hydrogens is 202 g/mol. The summed E-state index contributed by atoms with van der Waals surface area (Å²) < 4.78 is 5.84. The number of nitrogens with zero attached hydrogens (tertiary/aromatic N) is 2. The van der Waals surface area contributed by atoms with Crippen molar-refractivity contribution in [1.29, 1.82) is 0 Å². The summed E-state index contributed by atoms with van der Waals surface area (Å²) in [5.41, 5.74) is 0. The predicted molar refractivity (Wildman–Crippen MR) is 65.8 cm³/mol. The van der Waals surface area contributed by atoms with E-state index >= 15 is 0 Å². The highest BCUT2D eigenvalue weighted by molar-refractivity contribution is 5.81. The van der Waals surface area contributed by atoms with Crippen LogP contribution in [-0.4, -0.2) is 50.3 Å². The van der Waals surface area contributed by atoms with Gasteiger partial charge in [0.2, 0.25) is 0 Å². The third kappa shape index (κ3) is 3.37. The fourth-order valence-corrected chi connectivity index (χ4v) is 2.34. The number of hydrogen-bond donors (Lipinski definition) is 1. The van der Waals surface area contributed by atoms with Gasteiger partial charge in [-0.3, -0.25) is 4.99 Å². The molecule has 1 saturated carbocycles. The number of hydrogen-bond acceptors (Lipinski definition) is 4. The Morgan fingerprint density at radius 3 is 2.88 bits per heavy atom. The number of rotatable bonds is 4. The van der Waals surface area contributed by atoms with Gasteiger partial charge >= 0.3 is 0 Å². The molecule has 4 heteroatoms. The first kappa shape index (κ1) is 11.7. The molecule has 0 amide bonds. The Morgan fingerprint density at radius 1 is 1.38 bits per heavy atom. The van der Waals surface area contributed by atoms with Crippen molar-refractivity contribution < 1.29 is 4.74 Å². The van der Waals surface area contributed by atoms with Crippen molar-refractivity contribution in [1.82, 2.24) is 10.2 Å². The normalized spacial score (nSPS) is 22.3. The lowest BCUT2D eigenvalue weighted by Crippen LogP contribution is -2.37. The van der Waals surface area contributed by atoms with Crippen LogP contribution in [0, 0.1) is 0 Å². The van der Waals surface area contributed by atoms with Crippen LogP contribution in [0.1, 0.15) is 32.1 Å². The number of likely N-dealkylation sites (N-methyl/N-ethyl adjacent to an activating group) is 1. The average Bonchev–Trinajstić information content (AvgIpc) is 2.72. The Labute approximate surface area is 98.1 Å². The van der Waals surface area contributed by atoms with Gasteiger partial charge in [0, 0.05) is 20.1 Å². The average molecular weight is 225 g/mol. The molecular formula is C12H23N3O. The Morgan fingerprint density at radius 2 is 2.19 bits per heavy atom. The second-order valence-electron chi connectivity index (χ2n) is 4.68. The van der Waals surface area contributed by atoms with Gasteiger partial charge in [0.05, 0.1) is 19.3 Å². The van der Waals surface area contributed by atoms with Gasteiger partial charge in [-0.05, 0) is 12.8 Å². The fraction of sp³-hybridized carbons (Fsp3) is 0.917. The van der Waals surface area contributed by atoms with Gasteiger partial charge in [0.1, 0.15) is 0 Å². The Balaban J connectivity index is 1.54. The lowest BCUT2D eigenvalue weighted by molar-refractivity contribution is 0.0316. The van der Waals surface area contributed by atoms with E-state index in [0.717, 1.165) is 32.2 Å². The summed E-state index contributed by atoms with van der Waals surface area (Å²) in [6.07, 6.45) is 7.08. The van der Waals surface area contributed by atoms with Gasteiger partial charge in [0.25, 0.3) is 0 Å². The van der Waals surface area contributed by atoms with Gasteiger partial charge in [-0.1, -0.05) is 19.3 Å². The van der Waals surface area contributed by atoms with Crippen molar-refractivity contribution in [2.24, 2.45) is 4.99 Å². The summed E-state index contributed by atoms with van der Waals surface area (Å²) in [4.78, 5) is 6.53. The molecule has 0 aromatic carbocycles. The van der Waals surface area contributed by atoms with Gasteiger partial charge in [0.15, 0.2) is 5.96 Å². The van der Waals surface area contributed by atoms with Crippen LogP contribution >= 0.6 is 0 Å². The van der Waals surface area contributed by atoms with Crippen LogP contribution in [0.25, 0.3) is 0 Å². The van der Waals surface area contributed by atoms with Crippen molar-refractivity contribution >= 4 is 5.96 Å². The molecule has 0 radical (unpaired) electrons. The van der Waals surface area contributed by atoms with E-state index in [0.29, 0.717) is 6.10 Å². The van der Waals surface area contributed by atoms with Crippen molar-refractivity contribution in [3.8, 4) is 0 Å². The molecule has 92 valence electrons. The third-order valence-corrected chi connectivity index (χ3v) is 3.35. The molecule has 0 saturated heterocycles. The zero-order chi connectivity index (χ0) is 11.2. The third-order valence-electron chi connectivity index (χ3n) is 3.35. The van der Waals surface area contributed by atoms with E-state index < -0.39 is 0 Å². The summed E-state index contributed by atoms with van der Waals surface area (Å²) in [6, 6.07) is 0. The molecule has 4 nitrogen and oxygen atoms in total. The first-order valence-corrected chi connectivity index (χ1v) is 6.47. The maximum atomic E-state index is 5.84. The van der Waals surface area contributed by atoms with Gasteiger partial charge in [-0.25, -0.2) is 0 Å². The summed E-state index contributed by atoms with van der Waals surface area (Å²) in [5.74, 6) is 1.02. The molecule has 1 N–H and O–H groups in total. The molecule has 1 aliphatic heterocycles. The zero-order valence-corrected chi connectivity index (χ0v) is 10.2. The molecule has 0 aromatic rings. The highest BCUT2D eigenvalue weighted by Crippen LogP contribution is 2.19. The van der Waals surface area contributed by atoms with Crippen LogP contribution < -0.4 is 5.32 Å². The molecule has 0 atom stereocenters. The van der Waals surface area contributed by atoms with Crippen LogP contribution in [0.5, 0.6) is 0 Å². The molecule has 0 unspecified atom stereocenters. The Hall–Kier alpha value is -0.770. The highest BCUT2D eigenvalue weighted by Gasteiger charge is 2.14. The van der Waals surface area contributed by atoms with Crippen LogP contribution in [0.2, 0.25) is 0 Å². The number of aliphatic imine (C=N–C) groups is 1. The number of nitrogens with one attached hydrogen (secondary N) is 1. The van der Waals surface area contributed by atoms with E-state index in [1.807, 2.05) is 0 Å². The monoisotopic (exact) mass is 225 g/mol. The molecule has 0 spiro atoms. The van der Waals surface area contributed by atoms with Crippen molar-refractivity contribution in [2.75, 3.05) is 33.3 Å². The minimum Gasteiger partial charge on any atom is -0.376 e. The van der Waals surface area contributed by atoms with E-state index in [4.69, 9.17) is 4.74 Å². The maximum Gasteiger partial charge on any atom is 0.193 e. The number of ether oxygens (including phenoxy) is 1. The molecule has 2 rings (SSSR count). The standard InChI is InChI=1S/C12H23N3O/c1-15-9-7-13-12(15)14-8-10-16-11-5-3-2-4-6-11/h11H,2-10H2,1H3,(H,13,14). The maximum absolute atomic E-state index is 5.84. The van der Waals surface area contributed by atoms with Crippen LogP contribution in [-0.2, 0) is 4.74 Å². The van der Waals surface area contributed by atoms with Crippen LogP contribution in [0.4, 0.5) is 0 Å². The molecule has 0 bridgehead atoms. The van der Waals surface area contributed by atoms with Gasteiger partial charge in [-0.2, -0.15) is 0 Å². The first-order valence-electron chi connectivity index (χ1n) is 6.47. The van der Waals surface area contributed by atoms with Crippen molar-refractivity contribution in [3.63, 3.8) is 0 Å². The summed E-state index contributed by atoms with van der Waals surface area (Å²) in [7, 11) is 2.07. The minimum absolute atomic E-state index is 0.513. The topological polar surface area (TPSA) is 36.9 Å². The van der Waals surface area contributed by atoms with E-state index in [2.05, 4.69) is 22.3 Å². The summed E-state index contributed by atoms with van der Waals surface area (Å²) >= 11 is 0. The molecule has 0 aromatic heterocycles. The fourth-order valence-electron chi connectivity index (χ4n) is 2.34. The first-order chi connectivity index (χ1) is 7.86. The second kappa shape index (κ2) is 6.09. The highest BCUT2D eigenvalue weighted by atomic mass is 16.5. The number of guanidine groups is 1. The predicted octanol–water partition coefficient (Wildman–Crippen LogP) is 1.23. The van der Waals surface area contributed by atoms with E-state index in [-0.39, 0.29) is 0 Å². The van der Waals surface area contributed by atoms with Gasteiger partial charge < -0.3 is 15.0 Å². The lowest BCUT2D eigenvalue weighted by atomic mass is 9.98. The smallest absolute Gasteiger partial charge is 0.193 e. The molecule has 1 fully saturated rings. The zero-order valence-electron chi connectivity index (χ0n) is 10.2. The summed E-state index contributed by atoms with van der Waals surface area (Å²) in [5, 5.41) is 3.32. The van der Waals surface area contributed by atoms with Gasteiger partial charge in [-0.15, -0.1) is 0 Å². The second-order valence-corrected chi connectivity index (χ2v) is 4.68. The van der Waals surface area contributed by atoms with Crippen LogP contribution in [0.3, 0.4) is 0 Å². The van der Waals surface area contributed by atoms with Crippen molar-refractivity contribution in [3.05, 3.63) is 0 Å². The SMILES string of the molecule is CN1CCN=C1NCCOC1CCCCC1. The van der Waals surface area contributed by atoms with Crippen LogP contribution in [0.15, 0.2) is 4.99 Å². The van der Waals surface area contributed by atoms with E-state index in [1.54, 1.807) is 0 Å². The summed E-state index contributed by atoms with van der Waals surface area (Å²) in [6.45, 7) is 3.63. The van der Waals surface area contributed by atoms with Crippen molar-refractivity contribution in [2.45, 2.75) is 38.2 Å². The lowest BCUT2D eigenvalue weighted by Gasteiger charge is -2.22. The molecule has 1 heterocycles. The van der Waals surface area contributed by atoms with E-state index in [9.17, 15) is 0 Å². The molecule has 16 heavy (non-hydrogen) atoms. The Bertz CT molecular complexity index is 236.